The molecule has 6 heteroatoms. The lowest BCUT2D eigenvalue weighted by Crippen LogP contribution is -2.22. The number of pyridine rings is 1. The lowest BCUT2D eigenvalue weighted by molar-refractivity contribution is 0.519. The van der Waals surface area contributed by atoms with E-state index in [1.807, 2.05) is 24.4 Å². The maximum Gasteiger partial charge on any atom is 0.131 e. The van der Waals surface area contributed by atoms with Gasteiger partial charge in [-0.15, -0.1) is 0 Å². The van der Waals surface area contributed by atoms with Crippen molar-refractivity contribution in [3.8, 4) is 0 Å². The number of aliphatic imine (C=N–C) groups is 2. The summed E-state index contributed by atoms with van der Waals surface area (Å²) in [5, 5.41) is 4.01. The molecule has 22 heavy (non-hydrogen) atoms. The summed E-state index contributed by atoms with van der Waals surface area (Å²) in [7, 11) is 0. The predicted octanol–water partition coefficient (Wildman–Crippen LogP) is 3.79. The third-order valence-corrected chi connectivity index (χ3v) is 4.58. The van der Waals surface area contributed by atoms with Crippen LogP contribution in [0.25, 0.3) is 0 Å². The fourth-order valence-electron chi connectivity index (χ4n) is 2.55. The van der Waals surface area contributed by atoms with Crippen LogP contribution in [0.15, 0.2) is 56.5 Å². The molecule has 0 spiro atoms. The first-order valence-corrected chi connectivity index (χ1v) is 8.36. The zero-order valence-corrected chi connectivity index (χ0v) is 14.3. The number of aromatic nitrogens is 1. The van der Waals surface area contributed by atoms with E-state index in [-0.39, 0.29) is 0 Å². The van der Waals surface area contributed by atoms with Crippen LogP contribution in [0.4, 0.5) is 0 Å². The quantitative estimate of drug-likeness (QED) is 0.868. The number of allylic oxidation sites excluding steroid dienone is 4. The Kier molecular flexibility index (Phi) is 5.05. The second-order valence-corrected chi connectivity index (χ2v) is 6.50. The van der Waals surface area contributed by atoms with Gasteiger partial charge in [-0.05, 0) is 52.5 Å². The maximum absolute atomic E-state index is 6.26. The zero-order valence-electron chi connectivity index (χ0n) is 12.0. The van der Waals surface area contributed by atoms with Gasteiger partial charge in [0.1, 0.15) is 5.17 Å². The van der Waals surface area contributed by atoms with Crippen LogP contribution in [0, 0.1) is 5.92 Å². The van der Waals surface area contributed by atoms with Gasteiger partial charge < -0.3 is 5.32 Å². The standard InChI is InChI=1S/C16H16BrClN4/c17-13-10-20-6-3-12-7-15(13)22-16(18)8-14(12)21-9-11-1-4-19-5-2-11/h1-2,4-5,8,10,12,21H,3,6-7,9H2/b15-13-,20-10?. The summed E-state index contributed by atoms with van der Waals surface area (Å²) in [5.74, 6) is 0.349. The molecule has 4 nitrogen and oxygen atoms in total. The number of rotatable bonds is 3. The largest absolute Gasteiger partial charge is 0.384 e. The van der Waals surface area contributed by atoms with Crippen molar-refractivity contribution in [2.45, 2.75) is 19.4 Å². The highest BCUT2D eigenvalue weighted by Gasteiger charge is 2.22. The molecule has 2 bridgehead atoms. The Morgan fingerprint density at radius 1 is 1.32 bits per heavy atom. The minimum atomic E-state index is 0.349. The monoisotopic (exact) mass is 378 g/mol. The van der Waals surface area contributed by atoms with Gasteiger partial charge in [-0.3, -0.25) is 9.98 Å². The van der Waals surface area contributed by atoms with Crippen LogP contribution in [0.5, 0.6) is 0 Å². The van der Waals surface area contributed by atoms with Gasteiger partial charge in [0.05, 0.1) is 10.2 Å². The van der Waals surface area contributed by atoms with Gasteiger partial charge in [0.25, 0.3) is 0 Å². The fourth-order valence-corrected chi connectivity index (χ4v) is 3.17. The van der Waals surface area contributed by atoms with Crippen LogP contribution >= 0.6 is 27.5 Å². The van der Waals surface area contributed by atoms with Gasteiger partial charge in [-0.25, -0.2) is 4.99 Å². The summed E-state index contributed by atoms with van der Waals surface area (Å²) >= 11 is 9.79. The molecule has 0 aromatic carbocycles. The number of fused-ring (bicyclic) bond motifs is 2. The summed E-state index contributed by atoms with van der Waals surface area (Å²) in [6.45, 7) is 1.55. The molecular weight excluding hydrogens is 364 g/mol. The van der Waals surface area contributed by atoms with E-state index in [0.29, 0.717) is 11.1 Å². The Morgan fingerprint density at radius 2 is 2.14 bits per heavy atom. The molecule has 0 saturated heterocycles. The first kappa shape index (κ1) is 15.4. The Bertz CT molecular complexity index is 664. The molecule has 1 atom stereocenters. The maximum atomic E-state index is 6.26. The van der Waals surface area contributed by atoms with Crippen molar-refractivity contribution in [3.63, 3.8) is 0 Å². The molecule has 0 fully saturated rings. The van der Waals surface area contributed by atoms with E-state index in [2.05, 4.69) is 36.2 Å². The summed E-state index contributed by atoms with van der Waals surface area (Å²) in [5.41, 5.74) is 3.27. The third-order valence-electron chi connectivity index (χ3n) is 3.73. The minimum Gasteiger partial charge on any atom is -0.384 e. The Hall–Kier alpha value is -1.46. The number of halogens is 2. The molecule has 3 rings (SSSR count). The van der Waals surface area contributed by atoms with E-state index in [1.54, 1.807) is 12.4 Å². The fraction of sp³-hybridized carbons (Fsp3) is 0.312. The second kappa shape index (κ2) is 7.20. The molecule has 1 unspecified atom stereocenters. The van der Waals surface area contributed by atoms with Gasteiger partial charge >= 0.3 is 0 Å². The molecule has 2 aliphatic heterocycles. The molecule has 0 aliphatic carbocycles. The average molecular weight is 380 g/mol. The zero-order chi connectivity index (χ0) is 15.4. The average Bonchev–Trinajstić information content (AvgIpc) is 2.69. The van der Waals surface area contributed by atoms with Gasteiger partial charge in [0, 0.05) is 43.3 Å². The molecule has 3 heterocycles. The molecule has 1 N–H and O–H groups in total. The van der Waals surface area contributed by atoms with Crippen LogP contribution in [0.3, 0.4) is 0 Å². The van der Waals surface area contributed by atoms with Gasteiger partial charge in [-0.1, -0.05) is 11.6 Å². The summed E-state index contributed by atoms with van der Waals surface area (Å²) < 4.78 is 0.916. The van der Waals surface area contributed by atoms with Gasteiger partial charge in [-0.2, -0.15) is 0 Å². The number of hydrogen-bond acceptors (Lipinski definition) is 4. The first-order valence-electron chi connectivity index (χ1n) is 7.19. The van der Waals surface area contributed by atoms with Crippen LogP contribution in [0.1, 0.15) is 18.4 Å². The lowest BCUT2D eigenvalue weighted by atomic mass is 9.95. The molecule has 1 aromatic heterocycles. The topological polar surface area (TPSA) is 49.6 Å². The Labute approximate surface area is 143 Å². The van der Waals surface area contributed by atoms with E-state index in [0.717, 1.165) is 41.8 Å². The Morgan fingerprint density at radius 3 is 2.95 bits per heavy atom. The number of nitrogens with one attached hydrogen (secondary N) is 1. The van der Waals surface area contributed by atoms with Crippen molar-refractivity contribution >= 4 is 38.9 Å². The third kappa shape index (κ3) is 3.84. The highest BCUT2D eigenvalue weighted by atomic mass is 79.9. The van der Waals surface area contributed by atoms with E-state index < -0.39 is 0 Å². The normalized spacial score (nSPS) is 24.7. The van der Waals surface area contributed by atoms with Crippen LogP contribution in [-0.4, -0.2) is 22.9 Å². The molecule has 114 valence electrons. The molecule has 0 saturated carbocycles. The van der Waals surface area contributed by atoms with E-state index in [9.17, 15) is 0 Å². The van der Waals surface area contributed by atoms with E-state index in [4.69, 9.17) is 11.6 Å². The molecule has 2 aliphatic rings. The summed E-state index contributed by atoms with van der Waals surface area (Å²) in [6.07, 6.45) is 9.21. The second-order valence-electron chi connectivity index (χ2n) is 5.26. The number of nitrogens with zero attached hydrogens (tertiary/aromatic N) is 3. The van der Waals surface area contributed by atoms with Gasteiger partial charge in [0.15, 0.2) is 0 Å². The van der Waals surface area contributed by atoms with Crippen molar-refractivity contribution in [1.29, 1.82) is 0 Å². The van der Waals surface area contributed by atoms with Crippen LogP contribution in [-0.2, 0) is 6.54 Å². The highest BCUT2D eigenvalue weighted by molar-refractivity contribution is 9.12. The van der Waals surface area contributed by atoms with Crippen molar-refractivity contribution in [2.24, 2.45) is 15.9 Å². The molecular formula is C16H16BrClN4. The molecule has 0 amide bonds. The number of hydrogen-bond donors (Lipinski definition) is 1. The smallest absolute Gasteiger partial charge is 0.131 e. The molecule has 0 radical (unpaired) electrons. The first-order chi connectivity index (χ1) is 10.7. The molecule has 1 aromatic rings. The van der Waals surface area contributed by atoms with Crippen molar-refractivity contribution in [1.82, 2.24) is 10.3 Å². The minimum absolute atomic E-state index is 0.349. The van der Waals surface area contributed by atoms with Gasteiger partial charge in [0.2, 0.25) is 0 Å². The van der Waals surface area contributed by atoms with Crippen molar-refractivity contribution in [3.05, 3.63) is 52.0 Å². The van der Waals surface area contributed by atoms with Crippen molar-refractivity contribution < 1.29 is 0 Å². The summed E-state index contributed by atoms with van der Waals surface area (Å²) in [6, 6.07) is 4.01. The van der Waals surface area contributed by atoms with E-state index >= 15 is 0 Å². The Balaban J connectivity index is 1.80. The summed E-state index contributed by atoms with van der Waals surface area (Å²) in [4.78, 5) is 12.9. The highest BCUT2D eigenvalue weighted by Crippen LogP contribution is 2.31. The van der Waals surface area contributed by atoms with Crippen LogP contribution in [0.2, 0.25) is 0 Å². The van der Waals surface area contributed by atoms with E-state index in [1.165, 1.54) is 5.56 Å². The van der Waals surface area contributed by atoms with Crippen molar-refractivity contribution in [2.75, 3.05) is 6.54 Å². The SMILES string of the molecule is ClC1=N/C2=C(\Br)C=NCCC(C2)C(NCc2ccncc2)=C1. The predicted molar refractivity (Wildman–Crippen MR) is 94.5 cm³/mol. The lowest BCUT2D eigenvalue weighted by Gasteiger charge is -2.21. The van der Waals surface area contributed by atoms with Crippen LogP contribution < -0.4 is 5.32 Å².